The molecule has 16 heavy (non-hydrogen) atoms. The van der Waals surface area contributed by atoms with E-state index in [1.54, 1.807) is 0 Å². The van der Waals surface area contributed by atoms with Gasteiger partial charge in [0.2, 0.25) is 0 Å². The highest BCUT2D eigenvalue weighted by Gasteiger charge is 1.98. The van der Waals surface area contributed by atoms with E-state index in [0.717, 1.165) is 24.6 Å². The molecule has 0 atom stereocenters. The zero-order valence-corrected chi connectivity index (χ0v) is 10.8. The first-order chi connectivity index (χ1) is 7.58. The molecule has 0 aromatic carbocycles. The number of hydrogen-bond donors (Lipinski definition) is 2. The third-order valence-electron chi connectivity index (χ3n) is 1.97. The molecule has 0 bridgehead atoms. The van der Waals surface area contributed by atoms with Crippen LogP contribution in [0.15, 0.2) is 18.2 Å². The van der Waals surface area contributed by atoms with E-state index >= 15 is 0 Å². The van der Waals surface area contributed by atoms with Crippen LogP contribution in [0.5, 0.6) is 0 Å². The summed E-state index contributed by atoms with van der Waals surface area (Å²) in [6.07, 6.45) is 0. The molecular formula is C11H18N4S. The monoisotopic (exact) mass is 238 g/mol. The molecule has 0 saturated carbocycles. The number of aryl methyl sites for hydroxylation is 1. The van der Waals surface area contributed by atoms with Crippen LogP contribution in [0.3, 0.4) is 0 Å². The van der Waals surface area contributed by atoms with Crippen LogP contribution >= 0.6 is 12.2 Å². The van der Waals surface area contributed by atoms with E-state index in [2.05, 4.69) is 20.5 Å². The normalized spacial score (nSPS) is 10.2. The van der Waals surface area contributed by atoms with Gasteiger partial charge in [0.1, 0.15) is 5.82 Å². The quantitative estimate of drug-likeness (QED) is 0.772. The predicted octanol–water partition coefficient (Wildman–Crippen LogP) is 1.24. The maximum atomic E-state index is 5.15. The molecule has 0 aliphatic rings. The van der Waals surface area contributed by atoms with Gasteiger partial charge in [-0.2, -0.15) is 0 Å². The van der Waals surface area contributed by atoms with E-state index in [1.807, 2.05) is 39.2 Å². The van der Waals surface area contributed by atoms with E-state index in [0.29, 0.717) is 5.11 Å². The molecule has 0 spiro atoms. The molecule has 0 radical (unpaired) electrons. The van der Waals surface area contributed by atoms with Gasteiger partial charge in [-0.05, 0) is 45.4 Å². The number of nitrogens with zero attached hydrogens (tertiary/aromatic N) is 2. The van der Waals surface area contributed by atoms with Crippen LogP contribution in [0.25, 0.3) is 0 Å². The van der Waals surface area contributed by atoms with E-state index in [9.17, 15) is 0 Å². The van der Waals surface area contributed by atoms with Crippen LogP contribution < -0.4 is 10.6 Å². The Hall–Kier alpha value is -1.20. The summed E-state index contributed by atoms with van der Waals surface area (Å²) < 4.78 is 0. The molecule has 1 heterocycles. The van der Waals surface area contributed by atoms with Crippen LogP contribution in [0.4, 0.5) is 5.82 Å². The van der Waals surface area contributed by atoms with E-state index in [4.69, 9.17) is 12.2 Å². The first-order valence-corrected chi connectivity index (χ1v) is 5.62. The van der Waals surface area contributed by atoms with Crippen LogP contribution in [0, 0.1) is 6.92 Å². The molecule has 0 saturated heterocycles. The first-order valence-electron chi connectivity index (χ1n) is 5.21. The largest absolute Gasteiger partial charge is 0.361 e. The van der Waals surface area contributed by atoms with Gasteiger partial charge in [0, 0.05) is 18.8 Å². The fourth-order valence-corrected chi connectivity index (χ4v) is 1.37. The zero-order valence-electron chi connectivity index (χ0n) is 9.95. The SMILES string of the molecule is Cc1cccc(NC(=S)NCCN(C)C)n1. The maximum Gasteiger partial charge on any atom is 0.171 e. The third-order valence-corrected chi connectivity index (χ3v) is 2.22. The molecule has 4 nitrogen and oxygen atoms in total. The number of anilines is 1. The van der Waals surface area contributed by atoms with Gasteiger partial charge in [0.25, 0.3) is 0 Å². The van der Waals surface area contributed by atoms with Crippen molar-refractivity contribution in [3.8, 4) is 0 Å². The lowest BCUT2D eigenvalue weighted by atomic mass is 10.4. The third kappa shape index (κ3) is 5.04. The molecule has 5 heteroatoms. The van der Waals surface area contributed by atoms with Crippen molar-refractivity contribution in [3.63, 3.8) is 0 Å². The van der Waals surface area contributed by atoms with Crippen molar-refractivity contribution in [2.75, 3.05) is 32.5 Å². The minimum atomic E-state index is 0.611. The number of nitrogens with one attached hydrogen (secondary N) is 2. The topological polar surface area (TPSA) is 40.2 Å². The van der Waals surface area contributed by atoms with Crippen LogP contribution in [0.1, 0.15) is 5.69 Å². The Balaban J connectivity index is 2.34. The average Bonchev–Trinajstić information content (AvgIpc) is 2.16. The van der Waals surface area contributed by atoms with E-state index in [-0.39, 0.29) is 0 Å². The summed E-state index contributed by atoms with van der Waals surface area (Å²) in [6.45, 7) is 3.72. The van der Waals surface area contributed by atoms with Gasteiger partial charge in [-0.1, -0.05) is 6.07 Å². The van der Waals surface area contributed by atoms with Crippen molar-refractivity contribution < 1.29 is 0 Å². The summed E-state index contributed by atoms with van der Waals surface area (Å²) in [6, 6.07) is 5.80. The van der Waals surface area contributed by atoms with Crippen LogP contribution in [-0.4, -0.2) is 42.2 Å². The summed E-state index contributed by atoms with van der Waals surface area (Å²) in [5.74, 6) is 0.780. The van der Waals surface area contributed by atoms with Crippen molar-refractivity contribution in [1.82, 2.24) is 15.2 Å². The highest BCUT2D eigenvalue weighted by molar-refractivity contribution is 7.80. The second-order valence-electron chi connectivity index (χ2n) is 3.85. The summed E-state index contributed by atoms with van der Waals surface area (Å²) in [7, 11) is 4.06. The number of aromatic nitrogens is 1. The molecule has 2 N–H and O–H groups in total. The number of thiocarbonyl (C=S) groups is 1. The van der Waals surface area contributed by atoms with Crippen LogP contribution in [-0.2, 0) is 0 Å². The minimum absolute atomic E-state index is 0.611. The van der Waals surface area contributed by atoms with E-state index in [1.165, 1.54) is 0 Å². The van der Waals surface area contributed by atoms with Gasteiger partial charge in [-0.15, -0.1) is 0 Å². The lowest BCUT2D eigenvalue weighted by Gasteiger charge is -2.13. The summed E-state index contributed by atoms with van der Waals surface area (Å²) >= 11 is 5.15. The summed E-state index contributed by atoms with van der Waals surface area (Å²) in [5, 5.41) is 6.78. The van der Waals surface area contributed by atoms with Gasteiger partial charge in [0.05, 0.1) is 0 Å². The van der Waals surface area contributed by atoms with Crippen molar-refractivity contribution >= 4 is 23.1 Å². The number of pyridine rings is 1. The Labute approximate surface area is 102 Å². The molecule has 88 valence electrons. The Bertz CT molecular complexity index is 352. The predicted molar refractivity (Wildman–Crippen MR) is 71.8 cm³/mol. The van der Waals surface area contributed by atoms with Crippen molar-refractivity contribution in [1.29, 1.82) is 0 Å². The fourth-order valence-electron chi connectivity index (χ4n) is 1.17. The molecule has 0 aliphatic carbocycles. The Morgan fingerprint density at radius 3 is 2.81 bits per heavy atom. The maximum absolute atomic E-state index is 5.15. The Kier molecular flexibility index (Phi) is 5.14. The lowest BCUT2D eigenvalue weighted by molar-refractivity contribution is 0.413. The zero-order chi connectivity index (χ0) is 12.0. The van der Waals surface area contributed by atoms with Crippen molar-refractivity contribution in [3.05, 3.63) is 23.9 Å². The van der Waals surface area contributed by atoms with Crippen molar-refractivity contribution in [2.45, 2.75) is 6.92 Å². The molecule has 0 amide bonds. The molecule has 1 aromatic rings. The number of hydrogen-bond acceptors (Lipinski definition) is 3. The summed E-state index contributed by atoms with van der Waals surface area (Å²) in [4.78, 5) is 6.41. The van der Waals surface area contributed by atoms with Gasteiger partial charge >= 0.3 is 0 Å². The Morgan fingerprint density at radius 2 is 2.19 bits per heavy atom. The smallest absolute Gasteiger partial charge is 0.171 e. The highest BCUT2D eigenvalue weighted by atomic mass is 32.1. The molecule has 0 unspecified atom stereocenters. The second-order valence-corrected chi connectivity index (χ2v) is 4.26. The molecule has 1 aromatic heterocycles. The van der Waals surface area contributed by atoms with Gasteiger partial charge in [0.15, 0.2) is 5.11 Å². The van der Waals surface area contributed by atoms with Gasteiger partial charge in [-0.25, -0.2) is 4.98 Å². The van der Waals surface area contributed by atoms with Crippen molar-refractivity contribution in [2.24, 2.45) is 0 Å². The molecule has 0 aliphatic heterocycles. The lowest BCUT2D eigenvalue weighted by Crippen LogP contribution is -2.34. The van der Waals surface area contributed by atoms with Gasteiger partial charge < -0.3 is 15.5 Å². The van der Waals surface area contributed by atoms with Crippen LogP contribution in [0.2, 0.25) is 0 Å². The van der Waals surface area contributed by atoms with E-state index < -0.39 is 0 Å². The molecular weight excluding hydrogens is 220 g/mol. The van der Waals surface area contributed by atoms with Gasteiger partial charge in [-0.3, -0.25) is 0 Å². The Morgan fingerprint density at radius 1 is 1.44 bits per heavy atom. The number of likely N-dealkylation sites (N-methyl/N-ethyl adjacent to an activating group) is 1. The second kappa shape index (κ2) is 6.40. The molecule has 0 fully saturated rings. The fraction of sp³-hybridized carbons (Fsp3) is 0.455. The average molecular weight is 238 g/mol. The highest BCUT2D eigenvalue weighted by Crippen LogP contribution is 2.02. The minimum Gasteiger partial charge on any atom is -0.361 e. The number of rotatable bonds is 4. The standard InChI is InChI=1S/C11H18N4S/c1-9-5-4-6-10(13-9)14-11(16)12-7-8-15(2)3/h4-6H,7-8H2,1-3H3,(H2,12,13,14,16). The first kappa shape index (κ1) is 12.9. The molecule has 1 rings (SSSR count). The summed E-state index contributed by atoms with van der Waals surface area (Å²) in [5.41, 5.74) is 0.973.